The van der Waals surface area contributed by atoms with E-state index in [9.17, 15) is 14.9 Å². The van der Waals surface area contributed by atoms with Crippen molar-refractivity contribution in [2.75, 3.05) is 73.6 Å². The molecule has 0 spiro atoms. The Morgan fingerprint density at radius 1 is 0.829 bits per heavy atom. The summed E-state index contributed by atoms with van der Waals surface area (Å²) in [5.74, 6) is 1.48. The molecule has 0 saturated carbocycles. The van der Waals surface area contributed by atoms with E-state index in [1.807, 2.05) is 4.90 Å². The van der Waals surface area contributed by atoms with Crippen LogP contribution < -0.4 is 14.7 Å². The van der Waals surface area contributed by atoms with Crippen LogP contribution >= 0.6 is 11.3 Å². The van der Waals surface area contributed by atoms with Crippen LogP contribution in [-0.4, -0.2) is 85.5 Å². The number of hydrogen-bond acceptors (Lipinski definition) is 8. The highest BCUT2D eigenvalue weighted by molar-refractivity contribution is 7.17. The molecule has 0 bridgehead atoms. The molecule has 10 heteroatoms. The van der Waals surface area contributed by atoms with Gasteiger partial charge in [0.05, 0.1) is 5.56 Å². The molecule has 2 amide bonds. The van der Waals surface area contributed by atoms with E-state index in [1.165, 1.54) is 27.9 Å². The van der Waals surface area contributed by atoms with Gasteiger partial charge in [0, 0.05) is 86.8 Å². The minimum atomic E-state index is -0.0746. The maximum absolute atomic E-state index is 12.2. The number of benzene rings is 1. The van der Waals surface area contributed by atoms with Crippen molar-refractivity contribution in [2.45, 2.75) is 13.0 Å². The maximum Gasteiger partial charge on any atom is 0.246 e. The van der Waals surface area contributed by atoms with E-state index in [0.717, 1.165) is 29.9 Å². The topological polar surface area (TPSA) is 87.0 Å². The van der Waals surface area contributed by atoms with Crippen molar-refractivity contribution in [3.05, 3.63) is 71.6 Å². The number of fused-ring (bicyclic) bond motifs is 2. The Hall–Kier alpha value is -4.36. The zero-order valence-electron chi connectivity index (χ0n) is 23.1. The molecule has 1 aromatic carbocycles. The van der Waals surface area contributed by atoms with Crippen molar-refractivity contribution in [2.24, 2.45) is 0 Å². The summed E-state index contributed by atoms with van der Waals surface area (Å²) in [6, 6.07) is 11.1. The molecular formula is C31H33N7O2S. The van der Waals surface area contributed by atoms with Crippen LogP contribution in [0.5, 0.6) is 0 Å². The van der Waals surface area contributed by atoms with Crippen molar-refractivity contribution >= 4 is 50.6 Å². The number of hydrogen-bond donors (Lipinski definition) is 0. The molecule has 6 rings (SSSR count). The molecule has 2 fully saturated rings. The van der Waals surface area contributed by atoms with Gasteiger partial charge in [-0.1, -0.05) is 19.2 Å². The van der Waals surface area contributed by atoms with Crippen LogP contribution in [0.25, 0.3) is 10.1 Å². The first kappa shape index (κ1) is 26.8. The molecule has 41 heavy (non-hydrogen) atoms. The summed E-state index contributed by atoms with van der Waals surface area (Å²) in [6.07, 6.45) is 3.50. The van der Waals surface area contributed by atoms with E-state index in [4.69, 9.17) is 4.98 Å². The van der Waals surface area contributed by atoms with Crippen molar-refractivity contribution < 1.29 is 9.59 Å². The normalized spacial score (nSPS) is 17.3. The number of anilines is 3. The van der Waals surface area contributed by atoms with Gasteiger partial charge in [-0.05, 0) is 47.7 Å². The number of carbonyl (C=O) groups excluding carboxylic acids is 2. The number of carbonyl (C=O) groups is 2. The predicted molar refractivity (Wildman–Crippen MR) is 164 cm³/mol. The summed E-state index contributed by atoms with van der Waals surface area (Å²) < 4.78 is 1.25. The maximum atomic E-state index is 12.2. The predicted octanol–water partition coefficient (Wildman–Crippen LogP) is 3.40. The van der Waals surface area contributed by atoms with E-state index in [0.29, 0.717) is 70.3 Å². The second-order valence-corrected chi connectivity index (χ2v) is 11.5. The van der Waals surface area contributed by atoms with Crippen LogP contribution in [0.4, 0.5) is 17.3 Å². The molecule has 0 N–H and O–H groups in total. The van der Waals surface area contributed by atoms with Gasteiger partial charge in [0.15, 0.2) is 0 Å². The molecule has 5 heterocycles. The molecule has 9 nitrogen and oxygen atoms in total. The average Bonchev–Trinajstić information content (AvgIpc) is 3.52. The highest BCUT2D eigenvalue weighted by atomic mass is 32.1. The van der Waals surface area contributed by atoms with Crippen molar-refractivity contribution in [3.63, 3.8) is 0 Å². The summed E-state index contributed by atoms with van der Waals surface area (Å²) in [5.41, 5.74) is 3.96. The van der Waals surface area contributed by atoms with Gasteiger partial charge in [0.2, 0.25) is 11.8 Å². The number of rotatable bonds is 5. The fourth-order valence-electron chi connectivity index (χ4n) is 6.20. The van der Waals surface area contributed by atoms with Gasteiger partial charge in [-0.15, -0.1) is 11.3 Å². The highest BCUT2D eigenvalue weighted by Crippen LogP contribution is 2.39. The number of thiophene rings is 1. The number of piperazine rings is 2. The second-order valence-electron chi connectivity index (χ2n) is 10.5. The summed E-state index contributed by atoms with van der Waals surface area (Å²) >= 11 is 1.74. The lowest BCUT2D eigenvalue weighted by atomic mass is 9.94. The molecule has 0 radical (unpaired) electrons. The molecule has 2 aromatic heterocycles. The van der Waals surface area contributed by atoms with Gasteiger partial charge in [0.1, 0.15) is 17.7 Å². The van der Waals surface area contributed by atoms with Crippen LogP contribution in [0.1, 0.15) is 16.7 Å². The van der Waals surface area contributed by atoms with Gasteiger partial charge < -0.3 is 24.5 Å². The Bertz CT molecular complexity index is 1560. The first-order valence-corrected chi connectivity index (χ1v) is 14.9. The molecule has 2 saturated heterocycles. The van der Waals surface area contributed by atoms with Gasteiger partial charge in [0.25, 0.3) is 0 Å². The van der Waals surface area contributed by atoms with Gasteiger partial charge >= 0.3 is 0 Å². The van der Waals surface area contributed by atoms with Crippen LogP contribution in [0.15, 0.2) is 55.0 Å². The third-order valence-corrected chi connectivity index (χ3v) is 9.29. The smallest absolute Gasteiger partial charge is 0.246 e. The lowest BCUT2D eigenvalue weighted by molar-refractivity contribution is -0.127. The number of amides is 2. The summed E-state index contributed by atoms with van der Waals surface area (Å²) in [6.45, 7) is 13.6. The standard InChI is InChI=1S/C31H33N7O2S/c1-3-28(39)34-11-15-36(16-12-34)30-22-8-10-38(26-6-5-7-27-23(26)9-19-41-27)21-25(22)24(20-32)31(33-30)37-17-13-35(14-18-37)29(40)4-2/h3-7,9,19H,1-2,8,10-18,21H2. The summed E-state index contributed by atoms with van der Waals surface area (Å²) in [5, 5.41) is 13.9. The van der Waals surface area contributed by atoms with E-state index >= 15 is 0 Å². The molecule has 3 aromatic rings. The number of nitriles is 1. The highest BCUT2D eigenvalue weighted by Gasteiger charge is 2.33. The molecule has 0 unspecified atom stereocenters. The first-order valence-electron chi connectivity index (χ1n) is 14.0. The summed E-state index contributed by atoms with van der Waals surface area (Å²) in [4.78, 5) is 40.0. The van der Waals surface area contributed by atoms with Crippen LogP contribution in [0.3, 0.4) is 0 Å². The number of aromatic nitrogens is 1. The van der Waals surface area contributed by atoms with Crippen LogP contribution in [0, 0.1) is 11.3 Å². The van der Waals surface area contributed by atoms with E-state index in [2.05, 4.69) is 63.6 Å². The quantitative estimate of drug-likeness (QED) is 0.437. The van der Waals surface area contributed by atoms with Crippen molar-refractivity contribution in [1.29, 1.82) is 5.26 Å². The van der Waals surface area contributed by atoms with E-state index < -0.39 is 0 Å². The molecule has 0 atom stereocenters. The lowest BCUT2D eigenvalue weighted by Gasteiger charge is -2.40. The molecule has 210 valence electrons. The van der Waals surface area contributed by atoms with E-state index in [-0.39, 0.29) is 11.8 Å². The first-order chi connectivity index (χ1) is 20.0. The Labute approximate surface area is 244 Å². The van der Waals surface area contributed by atoms with Gasteiger partial charge in [-0.2, -0.15) is 5.26 Å². The average molecular weight is 568 g/mol. The Morgan fingerprint density at radius 3 is 2.07 bits per heavy atom. The third kappa shape index (κ3) is 4.91. The minimum absolute atomic E-state index is 0.0506. The molecule has 3 aliphatic heterocycles. The van der Waals surface area contributed by atoms with Crippen molar-refractivity contribution in [1.82, 2.24) is 14.8 Å². The fraction of sp³-hybridized carbons (Fsp3) is 0.355. The Balaban J connectivity index is 1.38. The Morgan fingerprint density at radius 2 is 1.46 bits per heavy atom. The lowest BCUT2D eigenvalue weighted by Crippen LogP contribution is -2.50. The zero-order valence-corrected chi connectivity index (χ0v) is 23.9. The molecule has 0 aliphatic carbocycles. The zero-order chi connectivity index (χ0) is 28.5. The van der Waals surface area contributed by atoms with E-state index in [1.54, 1.807) is 16.2 Å². The Kier molecular flexibility index (Phi) is 7.37. The number of nitrogens with zero attached hydrogens (tertiary/aromatic N) is 7. The molecule has 3 aliphatic rings. The minimum Gasteiger partial charge on any atom is -0.366 e. The SMILES string of the molecule is C=CC(=O)N1CCN(c2nc(N3CCN(C(=O)C=C)CC3)c3c(c2C#N)CN(c2cccc4sccc24)CC3)CC1. The second kappa shape index (κ2) is 11.3. The monoisotopic (exact) mass is 567 g/mol. The third-order valence-electron chi connectivity index (χ3n) is 8.41. The van der Waals surface area contributed by atoms with Gasteiger partial charge in [-0.25, -0.2) is 4.98 Å². The van der Waals surface area contributed by atoms with Gasteiger partial charge in [-0.3, -0.25) is 9.59 Å². The largest absolute Gasteiger partial charge is 0.366 e. The van der Waals surface area contributed by atoms with Crippen molar-refractivity contribution in [3.8, 4) is 6.07 Å². The van der Waals surface area contributed by atoms with Crippen LogP contribution in [-0.2, 0) is 22.6 Å². The van der Waals surface area contributed by atoms with Crippen LogP contribution in [0.2, 0.25) is 0 Å². The molecular weight excluding hydrogens is 534 g/mol. The number of pyridine rings is 1. The summed E-state index contributed by atoms with van der Waals surface area (Å²) in [7, 11) is 0. The fourth-order valence-corrected chi connectivity index (χ4v) is 7.01.